The standard InChI is InChI=1S/C11H20F3N3OS/c1-19-8-4-2-3-7(5-8)16-6-9(10(15)17-18)11(12,13)14/h7-9,16,18H,2-6H2,1H3,(H2,15,17). The Morgan fingerprint density at radius 3 is 2.74 bits per heavy atom. The van der Waals surface area contributed by atoms with Gasteiger partial charge in [-0.3, -0.25) is 0 Å². The van der Waals surface area contributed by atoms with Gasteiger partial charge in [0, 0.05) is 17.8 Å². The van der Waals surface area contributed by atoms with Gasteiger partial charge in [-0.25, -0.2) is 0 Å². The summed E-state index contributed by atoms with van der Waals surface area (Å²) in [7, 11) is 0. The lowest BCUT2D eigenvalue weighted by atomic mass is 9.94. The Kier molecular flexibility index (Phi) is 6.25. The summed E-state index contributed by atoms with van der Waals surface area (Å²) in [5, 5.41) is 14.3. The number of halogens is 3. The number of oxime groups is 1. The summed E-state index contributed by atoms with van der Waals surface area (Å²) in [4.78, 5) is 0. The number of nitrogens with one attached hydrogen (secondary N) is 1. The third kappa shape index (κ3) is 5.10. The highest BCUT2D eigenvalue weighted by atomic mass is 32.2. The molecule has 0 amide bonds. The van der Waals surface area contributed by atoms with Crippen LogP contribution in [0.5, 0.6) is 0 Å². The molecule has 112 valence electrons. The summed E-state index contributed by atoms with van der Waals surface area (Å²) in [6, 6.07) is 0.0718. The van der Waals surface area contributed by atoms with Crippen molar-refractivity contribution in [3.63, 3.8) is 0 Å². The number of hydrogen-bond donors (Lipinski definition) is 3. The summed E-state index contributed by atoms with van der Waals surface area (Å²) in [5.74, 6) is -2.73. The molecule has 0 aromatic carbocycles. The van der Waals surface area contributed by atoms with Gasteiger partial charge in [0.15, 0.2) is 5.84 Å². The second-order valence-corrected chi connectivity index (χ2v) is 5.89. The minimum absolute atomic E-state index is 0.0718. The molecule has 3 atom stereocenters. The summed E-state index contributed by atoms with van der Waals surface area (Å²) in [5.41, 5.74) is 5.11. The minimum Gasteiger partial charge on any atom is -0.409 e. The number of nitrogens with two attached hydrogens (primary N) is 1. The topological polar surface area (TPSA) is 70.6 Å². The number of alkyl halides is 3. The first-order valence-corrected chi connectivity index (χ1v) is 7.47. The molecule has 8 heteroatoms. The Balaban J connectivity index is 2.52. The van der Waals surface area contributed by atoms with E-state index in [9.17, 15) is 13.2 Å². The van der Waals surface area contributed by atoms with E-state index < -0.39 is 17.9 Å². The van der Waals surface area contributed by atoms with E-state index >= 15 is 0 Å². The zero-order valence-electron chi connectivity index (χ0n) is 10.8. The zero-order valence-corrected chi connectivity index (χ0v) is 11.6. The van der Waals surface area contributed by atoms with Gasteiger partial charge in [0.1, 0.15) is 5.92 Å². The highest BCUT2D eigenvalue weighted by Crippen LogP contribution is 2.29. The third-order valence-electron chi connectivity index (χ3n) is 3.44. The van der Waals surface area contributed by atoms with Gasteiger partial charge in [0.2, 0.25) is 0 Å². The van der Waals surface area contributed by atoms with Crippen LogP contribution in [0.2, 0.25) is 0 Å². The molecule has 19 heavy (non-hydrogen) atoms. The number of nitrogens with zero attached hydrogens (tertiary/aromatic N) is 1. The van der Waals surface area contributed by atoms with Crippen molar-refractivity contribution in [2.75, 3.05) is 12.8 Å². The summed E-state index contributed by atoms with van der Waals surface area (Å²) >= 11 is 1.75. The van der Waals surface area contributed by atoms with Gasteiger partial charge < -0.3 is 16.3 Å². The Hall–Kier alpha value is -0.630. The van der Waals surface area contributed by atoms with Crippen molar-refractivity contribution >= 4 is 17.6 Å². The van der Waals surface area contributed by atoms with E-state index in [1.165, 1.54) is 0 Å². The largest absolute Gasteiger partial charge is 0.409 e. The first kappa shape index (κ1) is 16.4. The third-order valence-corrected chi connectivity index (χ3v) is 4.53. The van der Waals surface area contributed by atoms with E-state index in [0.29, 0.717) is 5.25 Å². The number of amidine groups is 1. The molecule has 0 saturated heterocycles. The molecule has 4 nitrogen and oxygen atoms in total. The van der Waals surface area contributed by atoms with E-state index in [1.807, 2.05) is 6.26 Å². The Morgan fingerprint density at radius 1 is 1.53 bits per heavy atom. The van der Waals surface area contributed by atoms with Gasteiger partial charge in [-0.2, -0.15) is 24.9 Å². The van der Waals surface area contributed by atoms with E-state index in [2.05, 4.69) is 10.5 Å². The second kappa shape index (κ2) is 7.23. The maximum absolute atomic E-state index is 12.7. The van der Waals surface area contributed by atoms with Crippen LogP contribution in [-0.2, 0) is 0 Å². The molecule has 1 saturated carbocycles. The van der Waals surface area contributed by atoms with Gasteiger partial charge in [0.25, 0.3) is 0 Å². The van der Waals surface area contributed by atoms with Gasteiger partial charge in [-0.1, -0.05) is 11.6 Å². The lowest BCUT2D eigenvalue weighted by Crippen LogP contribution is -2.46. The van der Waals surface area contributed by atoms with Crippen molar-refractivity contribution in [2.24, 2.45) is 16.8 Å². The molecule has 0 radical (unpaired) electrons. The Bertz CT molecular complexity index is 312. The summed E-state index contributed by atoms with van der Waals surface area (Å²) in [6.45, 7) is -0.342. The van der Waals surface area contributed by atoms with Crippen LogP contribution in [0.25, 0.3) is 0 Å². The first-order chi connectivity index (χ1) is 8.88. The van der Waals surface area contributed by atoms with Gasteiger partial charge in [0.05, 0.1) is 0 Å². The van der Waals surface area contributed by atoms with Crippen molar-refractivity contribution in [1.29, 1.82) is 0 Å². The van der Waals surface area contributed by atoms with E-state index in [4.69, 9.17) is 10.9 Å². The van der Waals surface area contributed by atoms with Gasteiger partial charge in [-0.05, 0) is 25.5 Å². The molecule has 0 aromatic rings. The average molecular weight is 299 g/mol. The molecule has 0 aromatic heterocycles. The van der Waals surface area contributed by atoms with Gasteiger partial charge >= 0.3 is 6.18 Å². The molecule has 3 unspecified atom stereocenters. The maximum Gasteiger partial charge on any atom is 0.400 e. The summed E-state index contributed by atoms with van der Waals surface area (Å²) in [6.07, 6.45) is 1.38. The molecule has 4 N–H and O–H groups in total. The average Bonchev–Trinajstić information content (AvgIpc) is 2.37. The highest BCUT2D eigenvalue weighted by molar-refractivity contribution is 7.99. The molecule has 0 heterocycles. The van der Waals surface area contributed by atoms with E-state index in [1.54, 1.807) is 11.8 Å². The molecule has 1 aliphatic rings. The van der Waals surface area contributed by atoms with Crippen LogP contribution in [0.1, 0.15) is 25.7 Å². The molecule has 1 aliphatic carbocycles. The monoisotopic (exact) mass is 299 g/mol. The lowest BCUT2D eigenvalue weighted by Gasteiger charge is -2.30. The van der Waals surface area contributed by atoms with Crippen LogP contribution in [0.4, 0.5) is 13.2 Å². The fraction of sp³-hybridized carbons (Fsp3) is 0.909. The van der Waals surface area contributed by atoms with Crippen molar-refractivity contribution in [2.45, 2.75) is 43.2 Å². The normalized spacial score (nSPS) is 27.3. The minimum atomic E-state index is -4.50. The smallest absolute Gasteiger partial charge is 0.400 e. The quantitative estimate of drug-likeness (QED) is 0.315. The summed E-state index contributed by atoms with van der Waals surface area (Å²) < 4.78 is 38.2. The highest BCUT2D eigenvalue weighted by Gasteiger charge is 2.43. The van der Waals surface area contributed by atoms with Crippen molar-refractivity contribution < 1.29 is 18.4 Å². The van der Waals surface area contributed by atoms with Crippen LogP contribution >= 0.6 is 11.8 Å². The lowest BCUT2D eigenvalue weighted by molar-refractivity contribution is -0.155. The van der Waals surface area contributed by atoms with E-state index in [-0.39, 0.29) is 12.6 Å². The fourth-order valence-electron chi connectivity index (χ4n) is 2.29. The van der Waals surface area contributed by atoms with Crippen LogP contribution in [0, 0.1) is 5.92 Å². The first-order valence-electron chi connectivity index (χ1n) is 6.18. The van der Waals surface area contributed by atoms with Crippen molar-refractivity contribution in [1.82, 2.24) is 5.32 Å². The molecule has 1 rings (SSSR count). The molecule has 0 spiro atoms. The van der Waals surface area contributed by atoms with Crippen LogP contribution in [0.15, 0.2) is 5.16 Å². The number of rotatable bonds is 5. The zero-order chi connectivity index (χ0) is 14.5. The predicted octanol–water partition coefficient (Wildman–Crippen LogP) is 2.18. The molecule has 1 fully saturated rings. The van der Waals surface area contributed by atoms with Gasteiger partial charge in [-0.15, -0.1) is 0 Å². The number of thioether (sulfide) groups is 1. The predicted molar refractivity (Wildman–Crippen MR) is 70.5 cm³/mol. The van der Waals surface area contributed by atoms with Crippen molar-refractivity contribution in [3.8, 4) is 0 Å². The Labute approximate surface area is 115 Å². The SMILES string of the molecule is CSC1CCCC(NCC(C(N)=NO)C(F)(F)F)C1. The molecule has 0 bridgehead atoms. The fourth-order valence-corrected chi connectivity index (χ4v) is 3.11. The van der Waals surface area contributed by atoms with Crippen LogP contribution in [-0.4, -0.2) is 41.3 Å². The molecular formula is C11H20F3N3OS. The molecular weight excluding hydrogens is 279 g/mol. The van der Waals surface area contributed by atoms with E-state index in [0.717, 1.165) is 25.7 Å². The molecule has 0 aliphatic heterocycles. The van der Waals surface area contributed by atoms with Crippen LogP contribution in [0.3, 0.4) is 0 Å². The Morgan fingerprint density at radius 2 is 2.21 bits per heavy atom. The second-order valence-electron chi connectivity index (χ2n) is 4.75. The maximum atomic E-state index is 12.7. The van der Waals surface area contributed by atoms with Crippen LogP contribution < -0.4 is 11.1 Å². The number of hydrogen-bond acceptors (Lipinski definition) is 4. The van der Waals surface area contributed by atoms with Crippen molar-refractivity contribution in [3.05, 3.63) is 0 Å².